The fraction of sp³-hybridized carbons (Fsp3) is 0.600. The molecule has 88 valence electrons. The van der Waals surface area contributed by atoms with Gasteiger partial charge in [-0.3, -0.25) is 0 Å². The molecule has 2 aliphatic rings. The number of hydrogen-bond donors (Lipinski definition) is 1. The third kappa shape index (κ3) is 1.60. The van der Waals surface area contributed by atoms with Gasteiger partial charge in [0.1, 0.15) is 0 Å². The van der Waals surface area contributed by atoms with Crippen LogP contribution in [0, 0.1) is 5.41 Å². The molecule has 0 aromatic heterocycles. The predicted octanol–water partition coefficient (Wildman–Crippen LogP) is -3.05. The lowest BCUT2D eigenvalue weighted by atomic mass is 9.71. The standard InChI is InChI=1S/C10H12O6/c11-5-1-2-10(9(14)15)3-6(5)16-7(4-10)8(12)13/h1-2,5-7,11H,3-4H2,(H,12,13)(H,14,15)/p-2. The summed E-state index contributed by atoms with van der Waals surface area (Å²) in [7, 11) is 0. The molecule has 1 aliphatic heterocycles. The van der Waals surface area contributed by atoms with Gasteiger partial charge in [0.05, 0.1) is 30.3 Å². The first-order valence-electron chi connectivity index (χ1n) is 4.90. The van der Waals surface area contributed by atoms with Crippen molar-refractivity contribution in [1.29, 1.82) is 0 Å². The van der Waals surface area contributed by atoms with Crippen molar-refractivity contribution < 1.29 is 29.6 Å². The zero-order valence-corrected chi connectivity index (χ0v) is 8.29. The van der Waals surface area contributed by atoms with Crippen molar-refractivity contribution in [3.05, 3.63) is 12.2 Å². The van der Waals surface area contributed by atoms with Crippen LogP contribution in [0.15, 0.2) is 12.2 Å². The van der Waals surface area contributed by atoms with E-state index in [0.717, 1.165) is 0 Å². The van der Waals surface area contributed by atoms with Crippen LogP contribution in [-0.2, 0) is 14.3 Å². The second-order valence-electron chi connectivity index (χ2n) is 4.18. The molecule has 6 nitrogen and oxygen atoms in total. The van der Waals surface area contributed by atoms with Crippen molar-refractivity contribution >= 4 is 11.9 Å². The van der Waals surface area contributed by atoms with E-state index < -0.39 is 35.7 Å². The van der Waals surface area contributed by atoms with Crippen molar-refractivity contribution in [3.63, 3.8) is 0 Å². The predicted molar refractivity (Wildman–Crippen MR) is 45.5 cm³/mol. The summed E-state index contributed by atoms with van der Waals surface area (Å²) in [4.78, 5) is 21.8. The number of ether oxygens (including phenoxy) is 1. The molecule has 1 N–H and O–H groups in total. The number of aliphatic carboxylic acids is 2. The van der Waals surface area contributed by atoms with E-state index in [1.54, 1.807) is 0 Å². The van der Waals surface area contributed by atoms with Gasteiger partial charge in [-0.15, -0.1) is 0 Å². The molecule has 4 unspecified atom stereocenters. The minimum Gasteiger partial charge on any atom is -0.549 e. The van der Waals surface area contributed by atoms with E-state index in [4.69, 9.17) is 4.74 Å². The smallest absolute Gasteiger partial charge is 0.0985 e. The average Bonchev–Trinajstić information content (AvgIpc) is 2.23. The molecular formula is C10H10O6-2. The SMILES string of the molecule is O=C([O-])C1CC2(C(=O)[O-])C=CC(O)C(C2)O1. The number of carboxylic acid groups (broad SMARTS) is 2. The number of fused-ring (bicyclic) bond motifs is 2. The van der Waals surface area contributed by atoms with Gasteiger partial charge in [-0.05, 0) is 12.8 Å². The Labute approximate surface area is 91.1 Å². The first-order valence-corrected chi connectivity index (χ1v) is 4.90. The summed E-state index contributed by atoms with van der Waals surface area (Å²) < 4.78 is 5.05. The van der Waals surface area contributed by atoms with E-state index in [9.17, 15) is 24.9 Å². The number of carboxylic acids is 2. The minimum atomic E-state index is -1.47. The van der Waals surface area contributed by atoms with E-state index in [2.05, 4.69) is 0 Å². The number of rotatable bonds is 2. The van der Waals surface area contributed by atoms with Gasteiger partial charge in [0.2, 0.25) is 0 Å². The van der Waals surface area contributed by atoms with Crippen LogP contribution < -0.4 is 10.2 Å². The maximum absolute atomic E-state index is 11.0. The second kappa shape index (κ2) is 3.57. The Hall–Kier alpha value is -1.40. The lowest BCUT2D eigenvalue weighted by molar-refractivity contribution is -0.333. The van der Waals surface area contributed by atoms with Crippen molar-refractivity contribution in [2.75, 3.05) is 0 Å². The van der Waals surface area contributed by atoms with Crippen LogP contribution in [0.4, 0.5) is 0 Å². The van der Waals surface area contributed by atoms with Gasteiger partial charge in [-0.2, -0.15) is 0 Å². The topological polar surface area (TPSA) is 110 Å². The fourth-order valence-corrected chi connectivity index (χ4v) is 2.20. The summed E-state index contributed by atoms with van der Waals surface area (Å²) in [6.45, 7) is 0. The molecule has 0 spiro atoms. The Morgan fingerprint density at radius 3 is 2.62 bits per heavy atom. The maximum atomic E-state index is 11.0. The number of carbonyl (C=O) groups excluding carboxylic acids is 2. The van der Waals surface area contributed by atoms with Crippen LogP contribution in [-0.4, -0.2) is 35.4 Å². The van der Waals surface area contributed by atoms with E-state index in [0.29, 0.717) is 0 Å². The molecule has 1 heterocycles. The van der Waals surface area contributed by atoms with Gasteiger partial charge in [-0.1, -0.05) is 12.2 Å². The zero-order chi connectivity index (χ0) is 11.9. The molecule has 4 atom stereocenters. The third-order valence-corrected chi connectivity index (χ3v) is 3.12. The highest BCUT2D eigenvalue weighted by Crippen LogP contribution is 2.41. The van der Waals surface area contributed by atoms with Crippen LogP contribution in [0.3, 0.4) is 0 Å². The number of aliphatic hydroxyl groups excluding tert-OH is 1. The summed E-state index contributed by atoms with van der Waals surface area (Å²) >= 11 is 0. The zero-order valence-electron chi connectivity index (χ0n) is 8.29. The van der Waals surface area contributed by atoms with Crippen LogP contribution in [0.2, 0.25) is 0 Å². The minimum absolute atomic E-state index is 0.0246. The molecule has 1 fully saturated rings. The van der Waals surface area contributed by atoms with Gasteiger partial charge < -0.3 is 29.6 Å². The molecular weight excluding hydrogens is 216 g/mol. The molecule has 1 saturated heterocycles. The average molecular weight is 226 g/mol. The molecule has 0 aromatic rings. The lowest BCUT2D eigenvalue weighted by Crippen LogP contribution is -2.57. The Bertz CT molecular complexity index is 362. The van der Waals surface area contributed by atoms with Crippen molar-refractivity contribution in [3.8, 4) is 0 Å². The highest BCUT2D eigenvalue weighted by Gasteiger charge is 2.45. The van der Waals surface area contributed by atoms with Gasteiger partial charge in [-0.25, -0.2) is 0 Å². The molecule has 2 rings (SSSR count). The third-order valence-electron chi connectivity index (χ3n) is 3.12. The quantitative estimate of drug-likeness (QED) is 0.501. The summed E-state index contributed by atoms with van der Waals surface area (Å²) in [5, 5.41) is 31.2. The summed E-state index contributed by atoms with van der Waals surface area (Å²) in [6, 6.07) is 0. The van der Waals surface area contributed by atoms with Gasteiger partial charge in [0, 0.05) is 5.41 Å². The molecule has 2 bridgehead atoms. The van der Waals surface area contributed by atoms with Crippen LogP contribution in [0.1, 0.15) is 12.8 Å². The number of hydrogen-bond acceptors (Lipinski definition) is 6. The number of aliphatic hydroxyl groups is 1. The second-order valence-corrected chi connectivity index (χ2v) is 4.18. The largest absolute Gasteiger partial charge is 0.549 e. The van der Waals surface area contributed by atoms with Crippen molar-refractivity contribution in [2.45, 2.75) is 31.2 Å². The molecule has 0 aromatic carbocycles. The summed E-state index contributed by atoms with van der Waals surface area (Å²) in [5.41, 5.74) is -1.37. The van der Waals surface area contributed by atoms with E-state index in [-0.39, 0.29) is 12.8 Å². The molecule has 16 heavy (non-hydrogen) atoms. The van der Waals surface area contributed by atoms with Crippen molar-refractivity contribution in [2.24, 2.45) is 5.41 Å². The summed E-state index contributed by atoms with van der Waals surface area (Å²) in [6.07, 6.45) is -0.753. The molecule has 0 radical (unpaired) electrons. The Morgan fingerprint density at radius 1 is 1.38 bits per heavy atom. The summed E-state index contributed by atoms with van der Waals surface area (Å²) in [5.74, 6) is -2.83. The van der Waals surface area contributed by atoms with Gasteiger partial charge >= 0.3 is 0 Å². The highest BCUT2D eigenvalue weighted by molar-refractivity contribution is 5.78. The van der Waals surface area contributed by atoms with E-state index in [1.807, 2.05) is 0 Å². The Balaban J connectivity index is 2.34. The van der Waals surface area contributed by atoms with Crippen molar-refractivity contribution in [1.82, 2.24) is 0 Å². The molecule has 0 amide bonds. The molecule has 1 aliphatic carbocycles. The first-order chi connectivity index (χ1) is 7.44. The van der Waals surface area contributed by atoms with Gasteiger partial charge in [0.25, 0.3) is 0 Å². The number of carbonyl (C=O) groups is 2. The molecule has 0 saturated carbocycles. The van der Waals surface area contributed by atoms with Crippen LogP contribution in [0.25, 0.3) is 0 Å². The maximum Gasteiger partial charge on any atom is 0.0985 e. The van der Waals surface area contributed by atoms with Crippen LogP contribution in [0.5, 0.6) is 0 Å². The Morgan fingerprint density at radius 2 is 2.06 bits per heavy atom. The van der Waals surface area contributed by atoms with E-state index >= 15 is 0 Å². The van der Waals surface area contributed by atoms with E-state index in [1.165, 1.54) is 12.2 Å². The van der Waals surface area contributed by atoms with Gasteiger partial charge in [0.15, 0.2) is 0 Å². The monoisotopic (exact) mass is 226 g/mol. The molecule has 6 heteroatoms. The van der Waals surface area contributed by atoms with Crippen LogP contribution >= 0.6 is 0 Å². The normalized spacial score (nSPS) is 41.7. The Kier molecular flexibility index (Phi) is 2.47. The highest BCUT2D eigenvalue weighted by atomic mass is 16.5. The first kappa shape index (κ1) is 11.1. The lowest BCUT2D eigenvalue weighted by Gasteiger charge is -2.47. The fourth-order valence-electron chi connectivity index (χ4n) is 2.20.